The second-order valence-corrected chi connectivity index (χ2v) is 8.04. The van der Waals surface area contributed by atoms with Gasteiger partial charge in [-0.1, -0.05) is 29.5 Å². The highest BCUT2D eigenvalue weighted by molar-refractivity contribution is 7.22. The van der Waals surface area contributed by atoms with Gasteiger partial charge in [-0.15, -0.1) is 0 Å². The van der Waals surface area contributed by atoms with E-state index in [-0.39, 0.29) is 12.0 Å². The van der Waals surface area contributed by atoms with E-state index in [0.717, 1.165) is 40.8 Å². The molecule has 1 saturated heterocycles. The molecule has 29 heavy (non-hydrogen) atoms. The van der Waals surface area contributed by atoms with Crippen LogP contribution in [0.2, 0.25) is 0 Å². The summed E-state index contributed by atoms with van der Waals surface area (Å²) in [6.07, 6.45) is 1.95. The van der Waals surface area contributed by atoms with E-state index in [2.05, 4.69) is 0 Å². The Balaban J connectivity index is 1.54. The average Bonchev–Trinajstić information content (AvgIpc) is 3.49. The van der Waals surface area contributed by atoms with E-state index in [1.54, 1.807) is 18.1 Å². The van der Waals surface area contributed by atoms with Gasteiger partial charge in [-0.2, -0.15) is 0 Å². The molecule has 1 amide bonds. The number of ether oxygens (including phenoxy) is 2. The van der Waals surface area contributed by atoms with Crippen molar-refractivity contribution in [2.45, 2.75) is 18.9 Å². The number of amides is 1. The van der Waals surface area contributed by atoms with Crippen molar-refractivity contribution in [3.63, 3.8) is 0 Å². The van der Waals surface area contributed by atoms with Crippen molar-refractivity contribution in [2.24, 2.45) is 0 Å². The van der Waals surface area contributed by atoms with Crippen LogP contribution < -0.4 is 9.64 Å². The molecule has 0 aliphatic carbocycles. The molecule has 2 aromatic carbocycles. The zero-order valence-corrected chi connectivity index (χ0v) is 16.8. The molecule has 0 saturated carbocycles. The van der Waals surface area contributed by atoms with E-state index in [1.165, 1.54) is 11.3 Å². The Morgan fingerprint density at radius 1 is 1.28 bits per heavy atom. The van der Waals surface area contributed by atoms with Crippen LogP contribution >= 0.6 is 11.3 Å². The van der Waals surface area contributed by atoms with Gasteiger partial charge in [-0.25, -0.2) is 4.98 Å². The van der Waals surface area contributed by atoms with E-state index >= 15 is 0 Å². The molecule has 2 aromatic heterocycles. The van der Waals surface area contributed by atoms with Gasteiger partial charge < -0.3 is 13.9 Å². The van der Waals surface area contributed by atoms with Gasteiger partial charge in [0.2, 0.25) is 0 Å². The molecule has 5 rings (SSSR count). The monoisotopic (exact) mass is 408 g/mol. The van der Waals surface area contributed by atoms with Gasteiger partial charge in [0.05, 0.1) is 30.0 Å². The van der Waals surface area contributed by atoms with Crippen LogP contribution in [0.5, 0.6) is 5.75 Å². The Bertz CT molecular complexity index is 1140. The fraction of sp³-hybridized carbons (Fsp3) is 0.273. The van der Waals surface area contributed by atoms with Gasteiger partial charge in [0.25, 0.3) is 5.91 Å². The largest absolute Gasteiger partial charge is 0.497 e. The van der Waals surface area contributed by atoms with E-state index in [4.69, 9.17) is 18.9 Å². The maximum atomic E-state index is 13.4. The zero-order valence-electron chi connectivity index (χ0n) is 16.0. The number of thiazole rings is 1. The lowest BCUT2D eigenvalue weighted by Crippen LogP contribution is -2.37. The maximum Gasteiger partial charge on any atom is 0.295 e. The van der Waals surface area contributed by atoms with Crippen molar-refractivity contribution in [3.8, 4) is 5.75 Å². The first-order chi connectivity index (χ1) is 14.2. The molecule has 1 aliphatic heterocycles. The number of benzene rings is 2. The number of nitrogens with zero attached hydrogens (tertiary/aromatic N) is 2. The fourth-order valence-electron chi connectivity index (χ4n) is 3.60. The number of methoxy groups -OCH3 is 1. The Kier molecular flexibility index (Phi) is 4.69. The number of hydrogen-bond acceptors (Lipinski definition) is 6. The second-order valence-electron chi connectivity index (χ2n) is 7.03. The number of fused-ring (bicyclic) bond motifs is 2. The Morgan fingerprint density at radius 2 is 2.17 bits per heavy atom. The van der Waals surface area contributed by atoms with Crippen molar-refractivity contribution in [1.82, 2.24) is 4.98 Å². The molecule has 148 valence electrons. The molecule has 6 nitrogen and oxygen atoms in total. The number of para-hydroxylation sites is 1. The van der Waals surface area contributed by atoms with Crippen LogP contribution in [0, 0.1) is 0 Å². The first-order valence-corrected chi connectivity index (χ1v) is 10.4. The van der Waals surface area contributed by atoms with Crippen LogP contribution in [0.1, 0.15) is 23.4 Å². The Hall–Kier alpha value is -2.90. The molecule has 1 aliphatic rings. The summed E-state index contributed by atoms with van der Waals surface area (Å²) in [4.78, 5) is 19.8. The predicted octanol–water partition coefficient (Wildman–Crippen LogP) is 4.88. The minimum Gasteiger partial charge on any atom is -0.497 e. The van der Waals surface area contributed by atoms with E-state index < -0.39 is 0 Å². The van der Waals surface area contributed by atoms with Gasteiger partial charge in [0, 0.05) is 18.1 Å². The summed E-state index contributed by atoms with van der Waals surface area (Å²) < 4.78 is 17.9. The zero-order chi connectivity index (χ0) is 19.8. The molecule has 0 N–H and O–H groups in total. The third-order valence-corrected chi connectivity index (χ3v) is 6.17. The number of hydrogen-bond donors (Lipinski definition) is 0. The smallest absolute Gasteiger partial charge is 0.295 e. The van der Waals surface area contributed by atoms with Crippen LogP contribution in [0.4, 0.5) is 5.13 Å². The number of carbonyl (C=O) groups excluding carboxylic acids is 1. The van der Waals surface area contributed by atoms with Gasteiger partial charge in [-0.05, 0) is 37.1 Å². The number of aromatic nitrogens is 1. The molecule has 0 unspecified atom stereocenters. The van der Waals surface area contributed by atoms with Crippen LogP contribution in [0.3, 0.4) is 0 Å². The number of carbonyl (C=O) groups is 1. The van der Waals surface area contributed by atoms with Crippen molar-refractivity contribution in [3.05, 3.63) is 54.3 Å². The topological polar surface area (TPSA) is 64.8 Å². The van der Waals surface area contributed by atoms with Gasteiger partial charge in [-0.3, -0.25) is 9.69 Å². The van der Waals surface area contributed by atoms with Crippen molar-refractivity contribution in [1.29, 1.82) is 0 Å². The van der Waals surface area contributed by atoms with E-state index in [1.807, 2.05) is 42.5 Å². The molecular formula is C22H20N2O4S. The summed E-state index contributed by atoms with van der Waals surface area (Å²) in [5.41, 5.74) is 1.50. The first-order valence-electron chi connectivity index (χ1n) is 9.58. The SMILES string of the molecule is COc1ccc2sc(N(C[C@@H]3CCCO3)C(=O)c3cc4ccccc4o3)nc2c1. The van der Waals surface area contributed by atoms with Gasteiger partial charge in [0.15, 0.2) is 10.9 Å². The first kappa shape index (κ1) is 18.1. The maximum absolute atomic E-state index is 13.4. The second kappa shape index (κ2) is 7.50. The number of furan rings is 1. The molecule has 4 aromatic rings. The lowest BCUT2D eigenvalue weighted by molar-refractivity contribution is 0.0896. The number of anilines is 1. The summed E-state index contributed by atoms with van der Waals surface area (Å²) in [6, 6.07) is 15.1. The summed E-state index contributed by atoms with van der Waals surface area (Å²) in [6.45, 7) is 1.18. The van der Waals surface area contributed by atoms with Crippen molar-refractivity contribution in [2.75, 3.05) is 25.2 Å². The quantitative estimate of drug-likeness (QED) is 0.471. The molecular weight excluding hydrogens is 388 g/mol. The molecule has 3 heterocycles. The lowest BCUT2D eigenvalue weighted by atomic mass is 10.2. The normalized spacial score (nSPS) is 16.5. The summed E-state index contributed by atoms with van der Waals surface area (Å²) in [5, 5.41) is 1.54. The van der Waals surface area contributed by atoms with Crippen LogP contribution in [0.25, 0.3) is 21.2 Å². The summed E-state index contributed by atoms with van der Waals surface area (Å²) in [7, 11) is 1.63. The summed E-state index contributed by atoms with van der Waals surface area (Å²) >= 11 is 1.48. The standard InChI is InChI=1S/C22H20N2O4S/c1-26-15-8-9-20-17(12-15)23-22(29-20)24(13-16-6-4-10-27-16)21(25)19-11-14-5-2-3-7-18(14)28-19/h2-3,5,7-9,11-12,16H,4,6,10,13H2,1H3/t16-/m0/s1. The molecule has 0 spiro atoms. The van der Waals surface area contributed by atoms with Gasteiger partial charge >= 0.3 is 0 Å². The minimum absolute atomic E-state index is 0.00452. The predicted molar refractivity (Wildman–Crippen MR) is 113 cm³/mol. The van der Waals surface area contributed by atoms with Crippen LogP contribution in [0.15, 0.2) is 52.9 Å². The van der Waals surface area contributed by atoms with Crippen molar-refractivity contribution >= 4 is 43.6 Å². The number of rotatable bonds is 5. The third kappa shape index (κ3) is 3.47. The molecule has 1 fully saturated rings. The van der Waals surface area contributed by atoms with Crippen LogP contribution in [-0.4, -0.2) is 37.3 Å². The minimum atomic E-state index is -0.206. The van der Waals surface area contributed by atoms with E-state index in [9.17, 15) is 4.79 Å². The van der Waals surface area contributed by atoms with Crippen molar-refractivity contribution < 1.29 is 18.7 Å². The highest BCUT2D eigenvalue weighted by Gasteiger charge is 2.29. The third-order valence-electron chi connectivity index (χ3n) is 5.11. The molecule has 7 heteroatoms. The molecule has 0 bridgehead atoms. The molecule has 1 atom stereocenters. The van der Waals surface area contributed by atoms with E-state index in [0.29, 0.717) is 23.0 Å². The average molecular weight is 408 g/mol. The van der Waals surface area contributed by atoms with Gasteiger partial charge in [0.1, 0.15) is 11.3 Å². The molecule has 0 radical (unpaired) electrons. The highest BCUT2D eigenvalue weighted by Crippen LogP contribution is 2.33. The highest BCUT2D eigenvalue weighted by atomic mass is 32.1. The Morgan fingerprint density at radius 3 is 2.97 bits per heavy atom. The lowest BCUT2D eigenvalue weighted by Gasteiger charge is -2.22. The summed E-state index contributed by atoms with van der Waals surface area (Å²) in [5.74, 6) is 0.840. The fourth-order valence-corrected chi connectivity index (χ4v) is 4.55. The Labute approximate surface area is 171 Å². The van der Waals surface area contributed by atoms with Crippen LogP contribution in [-0.2, 0) is 4.74 Å².